The van der Waals surface area contributed by atoms with Gasteiger partial charge in [0.05, 0.1) is 23.2 Å². The quantitative estimate of drug-likeness (QED) is 0.880. The molecule has 1 atom stereocenters. The van der Waals surface area contributed by atoms with E-state index in [1.54, 1.807) is 11.3 Å². The molecule has 4 nitrogen and oxygen atoms in total. The molecule has 0 radical (unpaired) electrons. The van der Waals surface area contributed by atoms with E-state index >= 15 is 0 Å². The lowest BCUT2D eigenvalue weighted by Gasteiger charge is -2.18. The molecule has 21 heavy (non-hydrogen) atoms. The largest absolute Gasteiger partial charge is 0.491 e. The van der Waals surface area contributed by atoms with Crippen molar-refractivity contribution < 1.29 is 9.84 Å². The van der Waals surface area contributed by atoms with Gasteiger partial charge in [-0.2, -0.15) is 0 Å². The van der Waals surface area contributed by atoms with E-state index in [0.29, 0.717) is 6.61 Å². The van der Waals surface area contributed by atoms with Crippen LogP contribution in [0.15, 0.2) is 24.3 Å². The van der Waals surface area contributed by atoms with Gasteiger partial charge in [-0.25, -0.2) is 4.98 Å². The summed E-state index contributed by atoms with van der Waals surface area (Å²) in [5.41, 5.74) is 2.29. The molecular formula is C16H18N2O2S. The molecule has 1 aliphatic carbocycles. The second-order valence-electron chi connectivity index (χ2n) is 5.59. The Hall–Kier alpha value is -1.59. The van der Waals surface area contributed by atoms with Gasteiger partial charge in [-0.05, 0) is 25.3 Å². The monoisotopic (exact) mass is 302 g/mol. The van der Waals surface area contributed by atoms with E-state index in [4.69, 9.17) is 9.72 Å². The highest BCUT2D eigenvalue weighted by Gasteiger charge is 2.25. The molecule has 4 rings (SSSR count). The smallest absolute Gasteiger partial charge is 0.186 e. The van der Waals surface area contributed by atoms with Gasteiger partial charge < -0.3 is 14.7 Å². The molecule has 0 amide bonds. The Kier molecular flexibility index (Phi) is 3.31. The van der Waals surface area contributed by atoms with E-state index in [1.807, 2.05) is 18.2 Å². The van der Waals surface area contributed by atoms with E-state index in [0.717, 1.165) is 53.8 Å². The third-order valence-corrected chi connectivity index (χ3v) is 5.39. The van der Waals surface area contributed by atoms with Crippen LogP contribution < -0.4 is 9.64 Å². The lowest BCUT2D eigenvalue weighted by atomic mass is 10.0. The molecule has 1 aliphatic heterocycles. The third kappa shape index (κ3) is 2.40. The number of benzene rings is 1. The molecule has 0 bridgehead atoms. The molecule has 0 spiro atoms. The molecule has 1 N–H and O–H groups in total. The standard InChI is InChI=1S/C16H18N2O2S/c19-13-6-3-5-12-15(13)21-16(17-12)18-8-9-20-14-7-2-1-4-11(14)10-18/h1-2,4,7,13,19H,3,5-6,8-10H2. The molecule has 1 aromatic carbocycles. The third-order valence-electron chi connectivity index (χ3n) is 4.13. The van der Waals surface area contributed by atoms with Gasteiger partial charge in [0.2, 0.25) is 0 Å². The summed E-state index contributed by atoms with van der Waals surface area (Å²) in [6, 6.07) is 8.18. The summed E-state index contributed by atoms with van der Waals surface area (Å²) in [6.07, 6.45) is 2.56. The molecule has 0 fully saturated rings. The average Bonchev–Trinajstić information content (AvgIpc) is 2.82. The highest BCUT2D eigenvalue weighted by atomic mass is 32.1. The van der Waals surface area contributed by atoms with Crippen LogP contribution in [0, 0.1) is 0 Å². The second kappa shape index (κ2) is 5.31. The number of aliphatic hydroxyl groups is 1. The van der Waals surface area contributed by atoms with Crippen LogP contribution in [-0.2, 0) is 13.0 Å². The Balaban J connectivity index is 1.65. The summed E-state index contributed by atoms with van der Waals surface area (Å²) in [7, 11) is 0. The maximum Gasteiger partial charge on any atom is 0.186 e. The van der Waals surface area contributed by atoms with Crippen LogP contribution in [0.3, 0.4) is 0 Å². The summed E-state index contributed by atoms with van der Waals surface area (Å²) >= 11 is 1.64. The van der Waals surface area contributed by atoms with Gasteiger partial charge in [-0.1, -0.05) is 29.5 Å². The maximum atomic E-state index is 10.1. The van der Waals surface area contributed by atoms with Crippen molar-refractivity contribution in [2.24, 2.45) is 0 Å². The van der Waals surface area contributed by atoms with E-state index < -0.39 is 0 Å². The number of anilines is 1. The topological polar surface area (TPSA) is 45.6 Å². The van der Waals surface area contributed by atoms with E-state index in [9.17, 15) is 5.11 Å². The van der Waals surface area contributed by atoms with Crippen molar-refractivity contribution in [2.75, 3.05) is 18.1 Å². The SMILES string of the molecule is OC1CCCc2nc(N3CCOc4ccccc4C3)sc21. The van der Waals surface area contributed by atoms with E-state index in [2.05, 4.69) is 11.0 Å². The molecule has 2 aliphatic rings. The van der Waals surface area contributed by atoms with Crippen molar-refractivity contribution in [3.8, 4) is 5.75 Å². The van der Waals surface area contributed by atoms with Crippen LogP contribution in [0.2, 0.25) is 0 Å². The summed E-state index contributed by atoms with van der Waals surface area (Å²) < 4.78 is 5.81. The Bertz CT molecular complexity index is 655. The Morgan fingerprint density at radius 3 is 3.14 bits per heavy atom. The lowest BCUT2D eigenvalue weighted by Crippen LogP contribution is -2.25. The Morgan fingerprint density at radius 1 is 1.33 bits per heavy atom. The van der Waals surface area contributed by atoms with Crippen LogP contribution in [0.4, 0.5) is 5.13 Å². The van der Waals surface area contributed by atoms with Crippen molar-refractivity contribution in [1.82, 2.24) is 4.98 Å². The van der Waals surface area contributed by atoms with Crippen molar-refractivity contribution in [2.45, 2.75) is 31.9 Å². The molecule has 0 saturated carbocycles. The number of aliphatic hydroxyl groups excluding tert-OH is 1. The fraction of sp³-hybridized carbons (Fsp3) is 0.438. The van der Waals surface area contributed by atoms with Crippen molar-refractivity contribution in [1.29, 1.82) is 0 Å². The average molecular weight is 302 g/mol. The number of hydrogen-bond donors (Lipinski definition) is 1. The number of fused-ring (bicyclic) bond motifs is 2. The highest BCUT2D eigenvalue weighted by Crippen LogP contribution is 2.38. The van der Waals surface area contributed by atoms with Crippen molar-refractivity contribution in [3.05, 3.63) is 40.4 Å². The number of nitrogens with zero attached hydrogens (tertiary/aromatic N) is 2. The minimum atomic E-state index is -0.324. The molecule has 1 unspecified atom stereocenters. The normalized spacial score (nSPS) is 21.2. The van der Waals surface area contributed by atoms with Crippen molar-refractivity contribution >= 4 is 16.5 Å². The minimum absolute atomic E-state index is 0.324. The van der Waals surface area contributed by atoms with Gasteiger partial charge >= 0.3 is 0 Å². The number of para-hydroxylation sites is 1. The number of thiazole rings is 1. The van der Waals surface area contributed by atoms with Crippen LogP contribution >= 0.6 is 11.3 Å². The Morgan fingerprint density at radius 2 is 2.24 bits per heavy atom. The maximum absolute atomic E-state index is 10.1. The molecular weight excluding hydrogens is 284 g/mol. The number of aryl methyl sites for hydroxylation is 1. The molecule has 110 valence electrons. The molecule has 0 saturated heterocycles. The van der Waals surface area contributed by atoms with Gasteiger partial charge in [0.1, 0.15) is 12.4 Å². The highest BCUT2D eigenvalue weighted by molar-refractivity contribution is 7.15. The summed E-state index contributed by atoms with van der Waals surface area (Å²) in [4.78, 5) is 8.10. The van der Waals surface area contributed by atoms with Crippen LogP contribution in [0.25, 0.3) is 0 Å². The molecule has 5 heteroatoms. The summed E-state index contributed by atoms with van der Waals surface area (Å²) in [5, 5.41) is 11.1. The minimum Gasteiger partial charge on any atom is -0.491 e. The fourth-order valence-corrected chi connectivity index (χ4v) is 4.17. The van der Waals surface area contributed by atoms with Gasteiger partial charge in [0.15, 0.2) is 5.13 Å². The van der Waals surface area contributed by atoms with E-state index in [-0.39, 0.29) is 6.10 Å². The number of ether oxygens (including phenoxy) is 1. The second-order valence-corrected chi connectivity index (χ2v) is 6.60. The van der Waals surface area contributed by atoms with Gasteiger partial charge in [-0.15, -0.1) is 0 Å². The van der Waals surface area contributed by atoms with Gasteiger partial charge in [0, 0.05) is 12.1 Å². The zero-order valence-electron chi connectivity index (χ0n) is 11.8. The predicted octanol–water partition coefficient (Wildman–Crippen LogP) is 2.91. The molecule has 2 aromatic rings. The summed E-state index contributed by atoms with van der Waals surface area (Å²) in [5.74, 6) is 0.973. The van der Waals surface area contributed by atoms with Crippen molar-refractivity contribution in [3.63, 3.8) is 0 Å². The van der Waals surface area contributed by atoms with Crippen LogP contribution in [-0.4, -0.2) is 23.2 Å². The molecule has 2 heterocycles. The van der Waals surface area contributed by atoms with Crippen LogP contribution in [0.5, 0.6) is 5.75 Å². The first-order valence-electron chi connectivity index (χ1n) is 7.44. The number of aromatic nitrogens is 1. The molecule has 1 aromatic heterocycles. The van der Waals surface area contributed by atoms with Gasteiger partial charge in [0.25, 0.3) is 0 Å². The number of rotatable bonds is 1. The zero-order chi connectivity index (χ0) is 14.2. The first kappa shape index (κ1) is 13.1. The first-order valence-corrected chi connectivity index (χ1v) is 8.26. The zero-order valence-corrected chi connectivity index (χ0v) is 12.6. The van der Waals surface area contributed by atoms with Crippen LogP contribution in [0.1, 0.15) is 35.1 Å². The predicted molar refractivity (Wildman–Crippen MR) is 83.0 cm³/mol. The lowest BCUT2D eigenvalue weighted by molar-refractivity contribution is 0.160. The van der Waals surface area contributed by atoms with E-state index in [1.165, 1.54) is 5.56 Å². The van der Waals surface area contributed by atoms with Gasteiger partial charge in [-0.3, -0.25) is 0 Å². The first-order chi connectivity index (χ1) is 10.3. The Labute approximate surface area is 128 Å². The number of hydrogen-bond acceptors (Lipinski definition) is 5. The summed E-state index contributed by atoms with van der Waals surface area (Å²) in [6.45, 7) is 2.32. The fourth-order valence-electron chi connectivity index (χ4n) is 3.01.